The second-order valence-corrected chi connectivity index (χ2v) is 5.19. The normalized spacial score (nSPS) is 12.7. The molecule has 0 aliphatic rings. The van der Waals surface area contributed by atoms with Crippen molar-refractivity contribution in [2.45, 2.75) is 45.7 Å². The van der Waals surface area contributed by atoms with Gasteiger partial charge >= 0.3 is 0 Å². The van der Waals surface area contributed by atoms with E-state index in [1.165, 1.54) is 0 Å². The van der Waals surface area contributed by atoms with Gasteiger partial charge in [-0.3, -0.25) is 4.79 Å². The summed E-state index contributed by atoms with van der Waals surface area (Å²) in [5.41, 5.74) is -0.614. The van der Waals surface area contributed by atoms with Crippen LogP contribution in [0, 0.1) is 0 Å². The lowest BCUT2D eigenvalue weighted by molar-refractivity contribution is -0.122. The Morgan fingerprint density at radius 3 is 2.07 bits per heavy atom. The molecule has 0 unspecified atom stereocenters. The third-order valence-corrected chi connectivity index (χ3v) is 1.65. The van der Waals surface area contributed by atoms with Crippen molar-refractivity contribution in [3.8, 4) is 0 Å². The molecule has 0 atom stereocenters. The summed E-state index contributed by atoms with van der Waals surface area (Å²) in [6.07, 6.45) is 0. The van der Waals surface area contributed by atoms with Crippen LogP contribution >= 0.6 is 0 Å². The van der Waals surface area contributed by atoms with Gasteiger partial charge in [0.1, 0.15) is 0 Å². The van der Waals surface area contributed by atoms with Crippen molar-refractivity contribution in [1.82, 2.24) is 10.6 Å². The number of nitrogens with one attached hydrogen (secondary N) is 2. The first-order chi connectivity index (χ1) is 6.16. The Bertz CT molecular complexity index is 195. The molecule has 3 N–H and O–H groups in total. The average Bonchev–Trinajstić information content (AvgIpc) is 1.99. The second-order valence-electron chi connectivity index (χ2n) is 5.19. The quantitative estimate of drug-likeness (QED) is 0.613. The molecule has 0 fully saturated rings. The molecule has 0 aliphatic heterocycles. The smallest absolute Gasteiger partial charge is 0.234 e. The van der Waals surface area contributed by atoms with Crippen molar-refractivity contribution in [3.63, 3.8) is 0 Å². The Labute approximate surface area is 86.1 Å². The minimum atomic E-state index is -0.545. The van der Waals surface area contributed by atoms with Crippen molar-refractivity contribution in [1.29, 1.82) is 0 Å². The fourth-order valence-electron chi connectivity index (χ4n) is 0.807. The maximum atomic E-state index is 11.4. The molecule has 0 radical (unpaired) electrons. The maximum absolute atomic E-state index is 11.4. The SMILES string of the molecule is CC(C)(C)NCC(=O)NC(C)(C)CO. The van der Waals surface area contributed by atoms with Crippen LogP contribution in [0.2, 0.25) is 0 Å². The molecule has 14 heavy (non-hydrogen) atoms. The highest BCUT2D eigenvalue weighted by Crippen LogP contribution is 2.00. The number of hydrogen-bond acceptors (Lipinski definition) is 3. The van der Waals surface area contributed by atoms with E-state index in [-0.39, 0.29) is 24.6 Å². The zero-order valence-electron chi connectivity index (χ0n) is 9.77. The van der Waals surface area contributed by atoms with E-state index in [1.807, 2.05) is 20.8 Å². The largest absolute Gasteiger partial charge is 0.394 e. The van der Waals surface area contributed by atoms with E-state index in [1.54, 1.807) is 13.8 Å². The standard InChI is InChI=1S/C10H22N2O2/c1-9(2,3)11-6-8(14)12-10(4,5)7-13/h11,13H,6-7H2,1-5H3,(H,12,14). The molecule has 1 amide bonds. The summed E-state index contributed by atoms with van der Waals surface area (Å²) in [5.74, 6) is -0.0982. The van der Waals surface area contributed by atoms with Crippen LogP contribution in [0.5, 0.6) is 0 Å². The van der Waals surface area contributed by atoms with E-state index < -0.39 is 5.54 Å². The lowest BCUT2D eigenvalue weighted by Crippen LogP contribution is -2.51. The fraction of sp³-hybridized carbons (Fsp3) is 0.900. The van der Waals surface area contributed by atoms with Crippen LogP contribution in [0.15, 0.2) is 0 Å². The molecular weight excluding hydrogens is 180 g/mol. The number of aliphatic hydroxyl groups is 1. The molecule has 0 rings (SSSR count). The topological polar surface area (TPSA) is 61.4 Å². The Kier molecular flexibility index (Phi) is 4.55. The second kappa shape index (κ2) is 4.75. The van der Waals surface area contributed by atoms with Crippen molar-refractivity contribution in [2.24, 2.45) is 0 Å². The van der Waals surface area contributed by atoms with Crippen LogP contribution in [-0.4, -0.2) is 35.2 Å². The highest BCUT2D eigenvalue weighted by atomic mass is 16.3. The third kappa shape index (κ3) is 6.86. The highest BCUT2D eigenvalue weighted by molar-refractivity contribution is 5.78. The van der Waals surface area contributed by atoms with E-state index in [2.05, 4.69) is 10.6 Å². The van der Waals surface area contributed by atoms with Crippen molar-refractivity contribution >= 4 is 5.91 Å². The van der Waals surface area contributed by atoms with Crippen molar-refractivity contribution in [3.05, 3.63) is 0 Å². The summed E-state index contributed by atoms with van der Waals surface area (Å²) in [5, 5.41) is 14.7. The van der Waals surface area contributed by atoms with Gasteiger partial charge in [-0.2, -0.15) is 0 Å². The Balaban J connectivity index is 3.89. The van der Waals surface area contributed by atoms with Crippen LogP contribution in [0.1, 0.15) is 34.6 Å². The van der Waals surface area contributed by atoms with Gasteiger partial charge in [0.05, 0.1) is 18.7 Å². The van der Waals surface area contributed by atoms with Gasteiger partial charge in [0.15, 0.2) is 0 Å². The molecule has 0 bridgehead atoms. The number of hydrogen-bond donors (Lipinski definition) is 3. The molecule has 4 nitrogen and oxygen atoms in total. The molecule has 0 heterocycles. The van der Waals surface area contributed by atoms with E-state index in [0.29, 0.717) is 0 Å². The first-order valence-electron chi connectivity index (χ1n) is 4.83. The number of carbonyl (C=O) groups is 1. The molecule has 0 aliphatic carbocycles. The van der Waals surface area contributed by atoms with Crippen LogP contribution < -0.4 is 10.6 Å². The zero-order chi connectivity index (χ0) is 11.4. The maximum Gasteiger partial charge on any atom is 0.234 e. The van der Waals surface area contributed by atoms with Crippen molar-refractivity contribution in [2.75, 3.05) is 13.2 Å². The molecule has 0 aromatic rings. The monoisotopic (exact) mass is 202 g/mol. The minimum Gasteiger partial charge on any atom is -0.394 e. The van der Waals surface area contributed by atoms with Crippen LogP contribution in [-0.2, 0) is 4.79 Å². The fourth-order valence-corrected chi connectivity index (χ4v) is 0.807. The number of amides is 1. The number of carbonyl (C=O) groups excluding carboxylic acids is 1. The van der Waals surface area contributed by atoms with Gasteiger partial charge < -0.3 is 15.7 Å². The van der Waals surface area contributed by atoms with Gasteiger partial charge in [-0.05, 0) is 34.6 Å². The summed E-state index contributed by atoms with van der Waals surface area (Å²) < 4.78 is 0. The van der Waals surface area contributed by atoms with Gasteiger partial charge in [0, 0.05) is 5.54 Å². The summed E-state index contributed by atoms with van der Waals surface area (Å²) in [4.78, 5) is 11.4. The molecule has 0 saturated carbocycles. The number of rotatable bonds is 4. The summed E-state index contributed by atoms with van der Waals surface area (Å²) in [7, 11) is 0. The summed E-state index contributed by atoms with van der Waals surface area (Å²) in [6, 6.07) is 0. The summed E-state index contributed by atoms with van der Waals surface area (Å²) in [6.45, 7) is 9.76. The van der Waals surface area contributed by atoms with E-state index >= 15 is 0 Å². The molecule has 84 valence electrons. The Morgan fingerprint density at radius 1 is 1.21 bits per heavy atom. The first kappa shape index (κ1) is 13.4. The highest BCUT2D eigenvalue weighted by Gasteiger charge is 2.19. The van der Waals surface area contributed by atoms with Crippen LogP contribution in [0.4, 0.5) is 0 Å². The summed E-state index contributed by atoms with van der Waals surface area (Å²) >= 11 is 0. The van der Waals surface area contributed by atoms with Crippen molar-refractivity contribution < 1.29 is 9.90 Å². The van der Waals surface area contributed by atoms with Crippen LogP contribution in [0.3, 0.4) is 0 Å². The zero-order valence-corrected chi connectivity index (χ0v) is 9.77. The third-order valence-electron chi connectivity index (χ3n) is 1.65. The molecule has 0 spiro atoms. The predicted molar refractivity (Wildman–Crippen MR) is 57.1 cm³/mol. The molecular formula is C10H22N2O2. The van der Waals surface area contributed by atoms with E-state index in [4.69, 9.17) is 5.11 Å². The Morgan fingerprint density at radius 2 is 1.71 bits per heavy atom. The molecule has 0 saturated heterocycles. The van der Waals surface area contributed by atoms with Gasteiger partial charge in [-0.25, -0.2) is 0 Å². The molecule has 0 aromatic carbocycles. The van der Waals surface area contributed by atoms with Gasteiger partial charge in [0.2, 0.25) is 5.91 Å². The van der Waals surface area contributed by atoms with E-state index in [0.717, 1.165) is 0 Å². The van der Waals surface area contributed by atoms with Gasteiger partial charge in [-0.1, -0.05) is 0 Å². The minimum absolute atomic E-state index is 0.0613. The molecule has 0 aromatic heterocycles. The lowest BCUT2D eigenvalue weighted by atomic mass is 10.1. The first-order valence-corrected chi connectivity index (χ1v) is 4.83. The van der Waals surface area contributed by atoms with E-state index in [9.17, 15) is 4.79 Å². The average molecular weight is 202 g/mol. The predicted octanol–water partition coefficient (Wildman–Crippen LogP) is 0.262. The van der Waals surface area contributed by atoms with Gasteiger partial charge in [0.25, 0.3) is 0 Å². The molecule has 4 heteroatoms. The lowest BCUT2D eigenvalue weighted by Gasteiger charge is -2.25. The van der Waals surface area contributed by atoms with Crippen LogP contribution in [0.25, 0.3) is 0 Å². The number of aliphatic hydroxyl groups excluding tert-OH is 1. The Hall–Kier alpha value is -0.610. The van der Waals surface area contributed by atoms with Gasteiger partial charge in [-0.15, -0.1) is 0 Å².